The minimum atomic E-state index is 0.234. The highest BCUT2D eigenvalue weighted by molar-refractivity contribution is 6.18. The molecule has 1 aliphatic rings. The zero-order valence-electron chi connectivity index (χ0n) is 7.76. The van der Waals surface area contributed by atoms with E-state index in [-0.39, 0.29) is 5.54 Å². The molecule has 1 aliphatic carbocycles. The van der Waals surface area contributed by atoms with Crippen molar-refractivity contribution in [3.63, 3.8) is 0 Å². The fourth-order valence-corrected chi connectivity index (χ4v) is 1.72. The van der Waals surface area contributed by atoms with Gasteiger partial charge < -0.3 is 5.32 Å². The minimum Gasteiger partial charge on any atom is -0.306 e. The maximum absolute atomic E-state index is 5.84. The first-order valence-corrected chi connectivity index (χ1v) is 5.06. The highest BCUT2D eigenvalue weighted by Gasteiger charge is 2.40. The summed E-state index contributed by atoms with van der Waals surface area (Å²) in [5.41, 5.74) is 1.45. The zero-order valence-corrected chi connectivity index (χ0v) is 8.51. The number of aromatic nitrogens is 2. The van der Waals surface area contributed by atoms with Gasteiger partial charge in [0.15, 0.2) is 0 Å². The van der Waals surface area contributed by atoms with Crippen molar-refractivity contribution in [1.82, 2.24) is 15.1 Å². The van der Waals surface area contributed by atoms with Gasteiger partial charge in [0.05, 0.1) is 6.20 Å². The van der Waals surface area contributed by atoms with Crippen molar-refractivity contribution in [2.45, 2.75) is 24.9 Å². The van der Waals surface area contributed by atoms with E-state index >= 15 is 0 Å². The SMILES string of the molecule is Cn1cc(CNC2(CCl)CC2)cn1. The van der Waals surface area contributed by atoms with Gasteiger partial charge in [-0.05, 0) is 12.8 Å². The molecule has 1 N–H and O–H groups in total. The standard InChI is InChI=1S/C9H14ClN3/c1-13-6-8(5-12-13)4-11-9(7-10)2-3-9/h5-6,11H,2-4,7H2,1H3. The molecule has 0 radical (unpaired) electrons. The van der Waals surface area contributed by atoms with Crippen molar-refractivity contribution in [2.24, 2.45) is 7.05 Å². The predicted molar refractivity (Wildman–Crippen MR) is 52.7 cm³/mol. The van der Waals surface area contributed by atoms with E-state index in [1.54, 1.807) is 0 Å². The number of hydrogen-bond acceptors (Lipinski definition) is 2. The molecule has 4 heteroatoms. The quantitative estimate of drug-likeness (QED) is 0.741. The van der Waals surface area contributed by atoms with Crippen molar-refractivity contribution in [3.8, 4) is 0 Å². The molecule has 0 saturated heterocycles. The molecule has 1 aromatic heterocycles. The van der Waals surface area contributed by atoms with Crippen LogP contribution in [0.2, 0.25) is 0 Å². The Hall–Kier alpha value is -0.540. The van der Waals surface area contributed by atoms with Gasteiger partial charge in [-0.15, -0.1) is 11.6 Å². The Labute approximate surface area is 83.1 Å². The third kappa shape index (κ3) is 2.03. The summed E-state index contributed by atoms with van der Waals surface area (Å²) < 4.78 is 1.82. The summed E-state index contributed by atoms with van der Waals surface area (Å²) in [7, 11) is 1.93. The molecule has 13 heavy (non-hydrogen) atoms. The zero-order chi connectivity index (χ0) is 9.31. The molecular formula is C9H14ClN3. The monoisotopic (exact) mass is 199 g/mol. The molecule has 72 valence electrons. The van der Waals surface area contributed by atoms with Gasteiger partial charge in [0, 0.05) is 36.8 Å². The number of nitrogens with one attached hydrogen (secondary N) is 1. The van der Waals surface area contributed by atoms with E-state index in [4.69, 9.17) is 11.6 Å². The van der Waals surface area contributed by atoms with Crippen molar-refractivity contribution < 1.29 is 0 Å². The van der Waals surface area contributed by atoms with Crippen LogP contribution in [0.1, 0.15) is 18.4 Å². The summed E-state index contributed by atoms with van der Waals surface area (Å²) in [6.45, 7) is 0.876. The van der Waals surface area contributed by atoms with Crippen molar-refractivity contribution in [1.29, 1.82) is 0 Å². The molecule has 0 bridgehead atoms. The predicted octanol–water partition coefficient (Wildman–Crippen LogP) is 1.28. The molecule has 3 nitrogen and oxygen atoms in total. The molecule has 1 aromatic rings. The van der Waals surface area contributed by atoms with Gasteiger partial charge in [-0.3, -0.25) is 4.68 Å². The van der Waals surface area contributed by atoms with Gasteiger partial charge in [-0.1, -0.05) is 0 Å². The molecule has 0 unspecified atom stereocenters. The smallest absolute Gasteiger partial charge is 0.0534 e. The van der Waals surface area contributed by atoms with Crippen LogP contribution in [0.4, 0.5) is 0 Å². The number of hydrogen-bond donors (Lipinski definition) is 1. The lowest BCUT2D eigenvalue weighted by Crippen LogP contribution is -2.32. The van der Waals surface area contributed by atoms with Crippen LogP contribution in [0.25, 0.3) is 0 Å². The summed E-state index contributed by atoms with van der Waals surface area (Å²) in [6, 6.07) is 0. The van der Waals surface area contributed by atoms with E-state index in [1.165, 1.54) is 18.4 Å². The van der Waals surface area contributed by atoms with Crippen LogP contribution in [0.15, 0.2) is 12.4 Å². The summed E-state index contributed by atoms with van der Waals surface area (Å²) in [5, 5.41) is 7.57. The highest BCUT2D eigenvalue weighted by atomic mass is 35.5. The highest BCUT2D eigenvalue weighted by Crippen LogP contribution is 2.36. The Morgan fingerprint density at radius 2 is 2.46 bits per heavy atom. The van der Waals surface area contributed by atoms with Crippen LogP contribution in [0.5, 0.6) is 0 Å². The molecular weight excluding hydrogens is 186 g/mol. The fraction of sp³-hybridized carbons (Fsp3) is 0.667. The molecule has 0 amide bonds. The molecule has 1 saturated carbocycles. The molecule has 2 rings (SSSR count). The second kappa shape index (κ2) is 3.31. The second-order valence-electron chi connectivity index (χ2n) is 3.79. The van der Waals surface area contributed by atoms with Crippen LogP contribution < -0.4 is 5.32 Å². The van der Waals surface area contributed by atoms with Crippen molar-refractivity contribution in [3.05, 3.63) is 18.0 Å². The van der Waals surface area contributed by atoms with Gasteiger partial charge >= 0.3 is 0 Å². The number of nitrogens with zero attached hydrogens (tertiary/aromatic N) is 2. The lowest BCUT2D eigenvalue weighted by atomic mass is 10.3. The van der Waals surface area contributed by atoms with E-state index in [1.807, 2.05) is 24.1 Å². The van der Waals surface area contributed by atoms with Gasteiger partial charge in [0.25, 0.3) is 0 Å². The molecule has 1 heterocycles. The Bertz CT molecular complexity index is 291. The first-order valence-electron chi connectivity index (χ1n) is 4.53. The van der Waals surface area contributed by atoms with Gasteiger partial charge in [-0.25, -0.2) is 0 Å². The molecule has 0 atom stereocenters. The van der Waals surface area contributed by atoms with Crippen molar-refractivity contribution >= 4 is 11.6 Å². The van der Waals surface area contributed by atoms with E-state index in [0.717, 1.165) is 6.54 Å². The Kier molecular flexibility index (Phi) is 2.30. The van der Waals surface area contributed by atoms with E-state index < -0.39 is 0 Å². The first-order chi connectivity index (χ1) is 6.24. The van der Waals surface area contributed by atoms with E-state index in [2.05, 4.69) is 10.4 Å². The maximum atomic E-state index is 5.84. The summed E-state index contributed by atoms with van der Waals surface area (Å²) in [5.74, 6) is 0.716. The second-order valence-corrected chi connectivity index (χ2v) is 4.06. The minimum absolute atomic E-state index is 0.234. The number of alkyl halides is 1. The first kappa shape index (κ1) is 9.03. The van der Waals surface area contributed by atoms with E-state index in [0.29, 0.717) is 5.88 Å². The Morgan fingerprint density at radius 3 is 2.92 bits per heavy atom. The normalized spacial score (nSPS) is 18.9. The molecule has 0 aromatic carbocycles. The van der Waals surface area contributed by atoms with Crippen LogP contribution >= 0.6 is 11.6 Å². The third-order valence-corrected chi connectivity index (χ3v) is 3.05. The number of aryl methyl sites for hydroxylation is 1. The van der Waals surface area contributed by atoms with Crippen molar-refractivity contribution in [2.75, 3.05) is 5.88 Å². The van der Waals surface area contributed by atoms with Crippen LogP contribution in [-0.4, -0.2) is 21.2 Å². The van der Waals surface area contributed by atoms with Crippen LogP contribution in [0, 0.1) is 0 Å². The lowest BCUT2D eigenvalue weighted by Gasteiger charge is -2.12. The Morgan fingerprint density at radius 1 is 1.69 bits per heavy atom. The topological polar surface area (TPSA) is 29.9 Å². The largest absolute Gasteiger partial charge is 0.306 e. The molecule has 1 fully saturated rings. The Balaban J connectivity index is 1.86. The molecule has 0 spiro atoms. The fourth-order valence-electron chi connectivity index (χ4n) is 1.36. The van der Waals surface area contributed by atoms with Gasteiger partial charge in [0.2, 0.25) is 0 Å². The average molecular weight is 200 g/mol. The van der Waals surface area contributed by atoms with Crippen LogP contribution in [-0.2, 0) is 13.6 Å². The third-order valence-electron chi connectivity index (χ3n) is 2.54. The maximum Gasteiger partial charge on any atom is 0.0534 e. The summed E-state index contributed by atoms with van der Waals surface area (Å²) in [6.07, 6.45) is 6.32. The molecule has 0 aliphatic heterocycles. The summed E-state index contributed by atoms with van der Waals surface area (Å²) in [4.78, 5) is 0. The average Bonchev–Trinajstić information content (AvgIpc) is 2.81. The lowest BCUT2D eigenvalue weighted by molar-refractivity contribution is 0.542. The van der Waals surface area contributed by atoms with Gasteiger partial charge in [-0.2, -0.15) is 5.10 Å². The summed E-state index contributed by atoms with van der Waals surface area (Å²) >= 11 is 5.84. The van der Waals surface area contributed by atoms with E-state index in [9.17, 15) is 0 Å². The number of rotatable bonds is 4. The van der Waals surface area contributed by atoms with Crippen LogP contribution in [0.3, 0.4) is 0 Å². The van der Waals surface area contributed by atoms with Gasteiger partial charge in [0.1, 0.15) is 0 Å². The number of halogens is 1.